The first kappa shape index (κ1) is 10.9. The van der Waals surface area contributed by atoms with Crippen LogP contribution in [0.3, 0.4) is 0 Å². The van der Waals surface area contributed by atoms with Crippen LogP contribution in [0.1, 0.15) is 6.92 Å². The van der Waals surface area contributed by atoms with Gasteiger partial charge < -0.3 is 5.73 Å². The molecule has 0 amide bonds. The molecule has 0 radical (unpaired) electrons. The number of aliphatic imine (C=N–C) groups is 1. The van der Waals surface area contributed by atoms with Crippen molar-refractivity contribution in [3.63, 3.8) is 0 Å². The first-order valence-electron chi connectivity index (χ1n) is 2.97. The minimum atomic E-state index is 0.459. The van der Waals surface area contributed by atoms with Gasteiger partial charge in [0.2, 0.25) is 0 Å². The maximum Gasteiger partial charge on any atom is 0.126 e. The summed E-state index contributed by atoms with van der Waals surface area (Å²) >= 11 is 6.46. The van der Waals surface area contributed by atoms with Crippen molar-refractivity contribution in [2.24, 2.45) is 10.7 Å². The molecule has 0 atom stereocenters. The number of hydrogen-bond donors (Lipinski definition) is 1. The van der Waals surface area contributed by atoms with Crippen LogP contribution < -0.4 is 5.73 Å². The van der Waals surface area contributed by atoms with Crippen LogP contribution in [0.5, 0.6) is 0 Å². The lowest BCUT2D eigenvalue weighted by molar-refractivity contribution is 1.43. The SMILES string of the molecule is C=C(CBr)C(N)=N/C=C(\C)Br. The fourth-order valence-electron chi connectivity index (χ4n) is 0.318. The summed E-state index contributed by atoms with van der Waals surface area (Å²) < 4.78 is 0.933. The smallest absolute Gasteiger partial charge is 0.126 e. The summed E-state index contributed by atoms with van der Waals surface area (Å²) in [5.41, 5.74) is 6.32. The highest BCUT2D eigenvalue weighted by atomic mass is 79.9. The van der Waals surface area contributed by atoms with Crippen molar-refractivity contribution in [1.29, 1.82) is 0 Å². The Kier molecular flexibility index (Phi) is 5.50. The van der Waals surface area contributed by atoms with Gasteiger partial charge in [0.25, 0.3) is 0 Å². The van der Waals surface area contributed by atoms with Gasteiger partial charge in [-0.3, -0.25) is 0 Å². The molecule has 0 saturated heterocycles. The average Bonchev–Trinajstić information content (AvgIpc) is 1.98. The van der Waals surface area contributed by atoms with E-state index in [1.807, 2.05) is 6.92 Å². The minimum absolute atomic E-state index is 0.459. The molecule has 2 N–H and O–H groups in total. The van der Waals surface area contributed by atoms with E-state index in [9.17, 15) is 0 Å². The summed E-state index contributed by atoms with van der Waals surface area (Å²) in [6.07, 6.45) is 1.64. The molecule has 0 fully saturated rings. The van der Waals surface area contributed by atoms with Gasteiger partial charge in [0, 0.05) is 16.0 Å². The van der Waals surface area contributed by atoms with Crippen LogP contribution in [-0.4, -0.2) is 11.2 Å². The molecule has 11 heavy (non-hydrogen) atoms. The molecular weight excluding hydrogens is 272 g/mol. The van der Waals surface area contributed by atoms with E-state index in [1.54, 1.807) is 6.20 Å². The first-order valence-corrected chi connectivity index (χ1v) is 4.89. The fraction of sp³-hybridized carbons (Fsp3) is 0.286. The second kappa shape index (κ2) is 5.55. The van der Waals surface area contributed by atoms with Gasteiger partial charge in [-0.25, -0.2) is 4.99 Å². The predicted octanol–water partition coefficient (Wildman–Crippen LogP) is 2.55. The third-order valence-electron chi connectivity index (χ3n) is 0.905. The highest BCUT2D eigenvalue weighted by molar-refractivity contribution is 9.11. The summed E-state index contributed by atoms with van der Waals surface area (Å²) in [5.74, 6) is 0.459. The van der Waals surface area contributed by atoms with Gasteiger partial charge in [-0.05, 0) is 12.5 Å². The Labute approximate surface area is 83.5 Å². The van der Waals surface area contributed by atoms with E-state index in [0.717, 1.165) is 10.1 Å². The molecule has 0 aromatic carbocycles. The van der Waals surface area contributed by atoms with Crippen LogP contribution in [0.25, 0.3) is 0 Å². The normalized spacial score (nSPS) is 13.4. The number of allylic oxidation sites excluding steroid dienone is 1. The zero-order chi connectivity index (χ0) is 8.85. The third kappa shape index (κ3) is 5.21. The van der Waals surface area contributed by atoms with E-state index in [4.69, 9.17) is 5.73 Å². The Morgan fingerprint density at radius 2 is 2.27 bits per heavy atom. The average molecular weight is 282 g/mol. The highest BCUT2D eigenvalue weighted by Gasteiger charge is 1.94. The maximum atomic E-state index is 5.53. The van der Waals surface area contributed by atoms with Crippen LogP contribution in [-0.2, 0) is 0 Å². The number of rotatable bonds is 3. The van der Waals surface area contributed by atoms with Gasteiger partial charge in [0.15, 0.2) is 0 Å². The Morgan fingerprint density at radius 3 is 2.64 bits per heavy atom. The Morgan fingerprint density at radius 1 is 1.73 bits per heavy atom. The molecule has 0 saturated carbocycles. The van der Waals surface area contributed by atoms with Gasteiger partial charge in [-0.15, -0.1) is 0 Å². The summed E-state index contributed by atoms with van der Waals surface area (Å²) in [6.45, 7) is 5.59. The lowest BCUT2D eigenvalue weighted by atomic mass is 10.3. The largest absolute Gasteiger partial charge is 0.383 e. The van der Waals surface area contributed by atoms with E-state index >= 15 is 0 Å². The number of alkyl halides is 1. The predicted molar refractivity (Wildman–Crippen MR) is 57.2 cm³/mol. The Hall–Kier alpha value is -0.0900. The van der Waals surface area contributed by atoms with Crippen molar-refractivity contribution >= 4 is 37.7 Å². The van der Waals surface area contributed by atoms with Gasteiger partial charge in [-0.1, -0.05) is 38.4 Å². The molecule has 0 aliphatic rings. The molecule has 0 bridgehead atoms. The van der Waals surface area contributed by atoms with Gasteiger partial charge in [0.1, 0.15) is 5.84 Å². The fourth-order valence-corrected chi connectivity index (χ4v) is 0.708. The zero-order valence-corrected chi connectivity index (χ0v) is 9.44. The Bertz CT molecular complexity index is 202. The number of halogens is 2. The topological polar surface area (TPSA) is 38.4 Å². The molecule has 62 valence electrons. The van der Waals surface area contributed by atoms with Crippen molar-refractivity contribution in [2.75, 3.05) is 5.33 Å². The number of nitrogens with zero attached hydrogens (tertiary/aromatic N) is 1. The molecule has 4 heteroatoms. The van der Waals surface area contributed by atoms with Crippen molar-refractivity contribution < 1.29 is 0 Å². The molecule has 2 nitrogen and oxygen atoms in total. The molecule has 0 rings (SSSR count). The van der Waals surface area contributed by atoms with Gasteiger partial charge >= 0.3 is 0 Å². The molecule has 0 spiro atoms. The summed E-state index contributed by atoms with van der Waals surface area (Å²) in [6, 6.07) is 0. The lowest BCUT2D eigenvalue weighted by Gasteiger charge is -1.97. The standard InChI is InChI=1S/C7H10Br2N2/c1-5(3-8)7(10)11-4-6(2)9/h4H,1,3H2,2H3,(H2,10,11)/b6-4+. The zero-order valence-electron chi connectivity index (χ0n) is 6.27. The second-order valence-electron chi connectivity index (χ2n) is 1.97. The van der Waals surface area contributed by atoms with Crippen LogP contribution in [0.15, 0.2) is 27.8 Å². The van der Waals surface area contributed by atoms with E-state index in [2.05, 4.69) is 43.4 Å². The summed E-state index contributed by atoms with van der Waals surface area (Å²) in [5, 5.41) is 0.650. The van der Waals surface area contributed by atoms with Crippen molar-refractivity contribution in [3.05, 3.63) is 22.8 Å². The molecule has 0 unspecified atom stereocenters. The summed E-state index contributed by atoms with van der Waals surface area (Å²) in [4.78, 5) is 3.95. The molecular formula is C7H10Br2N2. The summed E-state index contributed by atoms with van der Waals surface area (Å²) in [7, 11) is 0. The highest BCUT2D eigenvalue weighted by Crippen LogP contribution is 2.03. The van der Waals surface area contributed by atoms with Crippen molar-refractivity contribution in [2.45, 2.75) is 6.92 Å². The minimum Gasteiger partial charge on any atom is -0.383 e. The number of amidine groups is 1. The third-order valence-corrected chi connectivity index (χ3v) is 1.79. The van der Waals surface area contributed by atoms with Crippen LogP contribution in [0.2, 0.25) is 0 Å². The quantitative estimate of drug-likeness (QED) is 0.482. The van der Waals surface area contributed by atoms with Crippen LogP contribution in [0.4, 0.5) is 0 Å². The molecule has 0 aromatic rings. The maximum absolute atomic E-state index is 5.53. The van der Waals surface area contributed by atoms with Crippen LogP contribution >= 0.6 is 31.9 Å². The van der Waals surface area contributed by atoms with E-state index in [-0.39, 0.29) is 0 Å². The number of nitrogens with two attached hydrogens (primary N) is 1. The van der Waals surface area contributed by atoms with Crippen molar-refractivity contribution in [1.82, 2.24) is 0 Å². The molecule has 0 aliphatic heterocycles. The van der Waals surface area contributed by atoms with Crippen molar-refractivity contribution in [3.8, 4) is 0 Å². The molecule has 0 aromatic heterocycles. The molecule has 0 aliphatic carbocycles. The van der Waals surface area contributed by atoms with Crippen LogP contribution in [0, 0.1) is 0 Å². The Balaban J connectivity index is 4.23. The second-order valence-corrected chi connectivity index (χ2v) is 3.78. The van der Waals surface area contributed by atoms with E-state index in [0.29, 0.717) is 11.2 Å². The number of hydrogen-bond acceptors (Lipinski definition) is 1. The monoisotopic (exact) mass is 280 g/mol. The first-order chi connectivity index (χ1) is 5.07. The molecule has 0 heterocycles. The lowest BCUT2D eigenvalue weighted by Crippen LogP contribution is -2.14. The van der Waals surface area contributed by atoms with Gasteiger partial charge in [-0.2, -0.15) is 0 Å². The van der Waals surface area contributed by atoms with E-state index < -0.39 is 0 Å². The van der Waals surface area contributed by atoms with Gasteiger partial charge in [0.05, 0.1) is 0 Å². The van der Waals surface area contributed by atoms with E-state index in [1.165, 1.54) is 0 Å².